The molecule has 11 heteroatoms. The van der Waals surface area contributed by atoms with Crippen molar-refractivity contribution < 1.29 is 28.3 Å². The fourth-order valence-corrected chi connectivity index (χ4v) is 4.42. The Labute approximate surface area is 200 Å². The van der Waals surface area contributed by atoms with Gasteiger partial charge in [-0.3, -0.25) is 15.0 Å². The van der Waals surface area contributed by atoms with Crippen molar-refractivity contribution in [1.29, 1.82) is 5.41 Å². The standard InChI is InChI=1S/C23H27FN4O5S/c1-3-23(4-2,22(32)28-14(12-29)10-19(25)30)11-15-6-8-18(34-15)21(31)33-17-7-5-13(20(26)27)9-16(17)24/h5-9,12,14H,3-4,10-11H2,1-2H3,(H2,25,30)(H3,26,27)(H,28,32)/t14-/m0/s1. The number of amidine groups is 1. The molecule has 1 aromatic heterocycles. The van der Waals surface area contributed by atoms with Crippen molar-refractivity contribution in [2.75, 3.05) is 0 Å². The Morgan fingerprint density at radius 3 is 2.41 bits per heavy atom. The fourth-order valence-electron chi connectivity index (χ4n) is 3.39. The first kappa shape index (κ1) is 26.7. The quantitative estimate of drug-likeness (QED) is 0.117. The number of hydrogen-bond donors (Lipinski definition) is 4. The van der Waals surface area contributed by atoms with Crippen LogP contribution in [0.1, 0.15) is 53.2 Å². The molecule has 1 aromatic carbocycles. The fraction of sp³-hybridized carbons (Fsp3) is 0.348. The van der Waals surface area contributed by atoms with Gasteiger partial charge in [0.25, 0.3) is 0 Å². The number of nitrogens with two attached hydrogens (primary N) is 2. The number of rotatable bonds is 12. The smallest absolute Gasteiger partial charge is 0.353 e. The van der Waals surface area contributed by atoms with E-state index in [1.165, 1.54) is 18.2 Å². The van der Waals surface area contributed by atoms with Gasteiger partial charge in [-0.1, -0.05) is 13.8 Å². The number of primary amides is 1. The van der Waals surface area contributed by atoms with E-state index in [0.29, 0.717) is 19.1 Å². The Morgan fingerprint density at radius 2 is 1.88 bits per heavy atom. The van der Waals surface area contributed by atoms with Gasteiger partial charge in [0.15, 0.2) is 11.6 Å². The predicted octanol–water partition coefficient (Wildman–Crippen LogP) is 2.30. The van der Waals surface area contributed by atoms with Crippen LogP contribution in [0.25, 0.3) is 0 Å². The lowest BCUT2D eigenvalue weighted by Crippen LogP contribution is -2.48. The molecule has 0 aliphatic rings. The van der Waals surface area contributed by atoms with Gasteiger partial charge in [0.1, 0.15) is 17.0 Å². The van der Waals surface area contributed by atoms with Gasteiger partial charge in [-0.2, -0.15) is 0 Å². The minimum atomic E-state index is -1.01. The van der Waals surface area contributed by atoms with Crippen molar-refractivity contribution in [1.82, 2.24) is 5.32 Å². The second-order valence-electron chi connectivity index (χ2n) is 7.77. The van der Waals surface area contributed by atoms with Crippen LogP contribution < -0.4 is 21.5 Å². The number of nitrogens with one attached hydrogen (secondary N) is 2. The van der Waals surface area contributed by atoms with Crippen molar-refractivity contribution >= 4 is 41.2 Å². The molecule has 6 N–H and O–H groups in total. The summed E-state index contributed by atoms with van der Waals surface area (Å²) >= 11 is 1.11. The molecule has 0 fully saturated rings. The van der Waals surface area contributed by atoms with Gasteiger partial charge in [0, 0.05) is 10.4 Å². The number of thiophene rings is 1. The molecular weight excluding hydrogens is 463 g/mol. The average molecular weight is 491 g/mol. The predicted molar refractivity (Wildman–Crippen MR) is 125 cm³/mol. The molecule has 2 amide bonds. The Morgan fingerprint density at radius 1 is 1.21 bits per heavy atom. The lowest BCUT2D eigenvalue weighted by Gasteiger charge is -2.31. The van der Waals surface area contributed by atoms with E-state index in [4.69, 9.17) is 21.6 Å². The monoisotopic (exact) mass is 490 g/mol. The van der Waals surface area contributed by atoms with Crippen LogP contribution in [0.4, 0.5) is 4.39 Å². The summed E-state index contributed by atoms with van der Waals surface area (Å²) in [5.41, 5.74) is 9.74. The number of hydrogen-bond acceptors (Lipinski definition) is 7. The lowest BCUT2D eigenvalue weighted by atomic mass is 9.77. The largest absolute Gasteiger partial charge is 0.419 e. The van der Waals surface area contributed by atoms with Crippen molar-refractivity contribution in [3.8, 4) is 5.75 Å². The molecule has 0 radical (unpaired) electrons. The maximum Gasteiger partial charge on any atom is 0.353 e. The van der Waals surface area contributed by atoms with E-state index in [0.717, 1.165) is 22.3 Å². The van der Waals surface area contributed by atoms with Crippen LogP contribution in [-0.4, -0.2) is 35.9 Å². The summed E-state index contributed by atoms with van der Waals surface area (Å²) in [4.78, 5) is 48.8. The van der Waals surface area contributed by atoms with Crippen LogP contribution in [0.5, 0.6) is 5.75 Å². The Balaban J connectivity index is 2.16. The highest BCUT2D eigenvalue weighted by molar-refractivity contribution is 7.14. The highest BCUT2D eigenvalue weighted by Gasteiger charge is 2.37. The summed E-state index contributed by atoms with van der Waals surface area (Å²) in [6.45, 7) is 3.67. The van der Waals surface area contributed by atoms with E-state index in [9.17, 15) is 23.6 Å². The molecule has 0 aliphatic carbocycles. The third-order valence-electron chi connectivity index (χ3n) is 5.56. The third-order valence-corrected chi connectivity index (χ3v) is 6.62. The second kappa shape index (κ2) is 11.5. The van der Waals surface area contributed by atoms with Crippen molar-refractivity contribution in [2.24, 2.45) is 16.9 Å². The zero-order chi connectivity index (χ0) is 25.5. The Kier molecular flexibility index (Phi) is 9.02. The van der Waals surface area contributed by atoms with Gasteiger partial charge in [-0.05, 0) is 49.6 Å². The van der Waals surface area contributed by atoms with E-state index in [1.807, 2.05) is 13.8 Å². The summed E-state index contributed by atoms with van der Waals surface area (Å²) in [6.07, 6.45) is 1.36. The summed E-state index contributed by atoms with van der Waals surface area (Å²) in [5.74, 6) is -3.29. The first-order valence-electron chi connectivity index (χ1n) is 10.5. The molecule has 9 nitrogen and oxygen atoms in total. The van der Waals surface area contributed by atoms with Gasteiger partial charge in [-0.15, -0.1) is 11.3 Å². The van der Waals surface area contributed by atoms with E-state index in [1.54, 1.807) is 6.07 Å². The van der Waals surface area contributed by atoms with Crippen LogP contribution in [0, 0.1) is 16.6 Å². The van der Waals surface area contributed by atoms with Crippen molar-refractivity contribution in [3.05, 3.63) is 51.5 Å². The second-order valence-corrected chi connectivity index (χ2v) is 8.93. The van der Waals surface area contributed by atoms with Crippen LogP contribution in [0.3, 0.4) is 0 Å². The first-order chi connectivity index (χ1) is 16.0. The van der Waals surface area contributed by atoms with E-state index < -0.39 is 29.2 Å². The highest BCUT2D eigenvalue weighted by Crippen LogP contribution is 2.34. The molecule has 34 heavy (non-hydrogen) atoms. The van der Waals surface area contributed by atoms with Crippen LogP contribution in [-0.2, 0) is 20.8 Å². The highest BCUT2D eigenvalue weighted by atomic mass is 32.1. The number of benzene rings is 1. The number of carbonyl (C=O) groups excluding carboxylic acids is 4. The average Bonchev–Trinajstić information content (AvgIpc) is 3.26. The number of ether oxygens (including phenoxy) is 1. The number of nitrogen functional groups attached to an aromatic ring is 1. The molecule has 0 spiro atoms. The maximum atomic E-state index is 14.2. The number of aldehydes is 1. The molecule has 0 aliphatic heterocycles. The zero-order valence-corrected chi connectivity index (χ0v) is 19.7. The van der Waals surface area contributed by atoms with E-state index in [2.05, 4.69) is 5.32 Å². The summed E-state index contributed by atoms with van der Waals surface area (Å²) in [7, 11) is 0. The van der Waals surface area contributed by atoms with Crippen LogP contribution in [0.15, 0.2) is 30.3 Å². The topological polar surface area (TPSA) is 165 Å². The van der Waals surface area contributed by atoms with Gasteiger partial charge >= 0.3 is 5.97 Å². The molecule has 0 unspecified atom stereocenters. The molecule has 1 atom stereocenters. The molecule has 2 aromatic rings. The Bertz CT molecular complexity index is 1100. The zero-order valence-electron chi connectivity index (χ0n) is 18.9. The summed E-state index contributed by atoms with van der Waals surface area (Å²) < 4.78 is 19.3. The summed E-state index contributed by atoms with van der Waals surface area (Å²) in [6, 6.07) is 5.79. The molecule has 0 bridgehead atoms. The van der Waals surface area contributed by atoms with E-state index >= 15 is 0 Å². The molecule has 0 saturated carbocycles. The normalized spacial score (nSPS) is 12.0. The molecule has 182 valence electrons. The van der Waals surface area contributed by atoms with Crippen LogP contribution >= 0.6 is 11.3 Å². The van der Waals surface area contributed by atoms with Crippen LogP contribution in [0.2, 0.25) is 0 Å². The SMILES string of the molecule is CCC(CC)(Cc1ccc(C(=O)Oc2ccc(C(=N)N)cc2F)s1)C(=O)N[C@H](C=O)CC(N)=O. The molecular formula is C23H27FN4O5S. The number of carbonyl (C=O) groups is 4. The minimum Gasteiger partial charge on any atom is -0.419 e. The van der Waals surface area contributed by atoms with Crippen molar-refractivity contribution in [3.63, 3.8) is 0 Å². The first-order valence-corrected chi connectivity index (χ1v) is 11.4. The van der Waals surface area contributed by atoms with Gasteiger partial charge in [0.05, 0.1) is 17.9 Å². The van der Waals surface area contributed by atoms with Gasteiger partial charge < -0.3 is 26.3 Å². The number of halogens is 1. The minimum absolute atomic E-state index is 0.164. The number of esters is 1. The summed E-state index contributed by atoms with van der Waals surface area (Å²) in [5, 5.41) is 9.91. The molecule has 1 heterocycles. The molecule has 2 rings (SSSR count). The Hall–Kier alpha value is -3.60. The van der Waals surface area contributed by atoms with Gasteiger partial charge in [-0.25, -0.2) is 9.18 Å². The maximum absolute atomic E-state index is 14.2. The van der Waals surface area contributed by atoms with Crippen molar-refractivity contribution in [2.45, 2.75) is 45.6 Å². The van der Waals surface area contributed by atoms with E-state index in [-0.39, 0.29) is 40.8 Å². The van der Waals surface area contributed by atoms with Gasteiger partial charge in [0.2, 0.25) is 11.8 Å². The number of amides is 2. The third kappa shape index (κ3) is 6.47. The molecule has 0 saturated heterocycles. The lowest BCUT2D eigenvalue weighted by molar-refractivity contribution is -0.134.